The van der Waals surface area contributed by atoms with Crippen molar-refractivity contribution >= 4 is 28.8 Å². The molecule has 0 aliphatic carbocycles. The van der Waals surface area contributed by atoms with E-state index in [9.17, 15) is 14.4 Å². The van der Waals surface area contributed by atoms with E-state index in [1.54, 1.807) is 6.92 Å². The highest BCUT2D eigenvalue weighted by molar-refractivity contribution is 8.13. The largest absolute Gasteiger partial charge is 0.466 e. The van der Waals surface area contributed by atoms with E-state index >= 15 is 0 Å². The normalized spacial score (nSPS) is 9.62. The second-order valence-electron chi connectivity index (χ2n) is 3.01. The van der Waals surface area contributed by atoms with Gasteiger partial charge in [-0.05, 0) is 6.92 Å². The Morgan fingerprint density at radius 2 is 1.94 bits per heavy atom. The molecule has 0 aromatic carbocycles. The van der Waals surface area contributed by atoms with Gasteiger partial charge >= 0.3 is 5.97 Å². The van der Waals surface area contributed by atoms with Gasteiger partial charge in [-0.15, -0.1) is 0 Å². The van der Waals surface area contributed by atoms with Crippen LogP contribution in [0, 0.1) is 0 Å². The number of carbonyl (C=O) groups excluding carboxylic acids is 3. The van der Waals surface area contributed by atoms with Crippen molar-refractivity contribution in [3.05, 3.63) is 0 Å². The van der Waals surface area contributed by atoms with Crippen LogP contribution >= 0.6 is 11.8 Å². The van der Waals surface area contributed by atoms with E-state index in [-0.39, 0.29) is 29.8 Å². The highest BCUT2D eigenvalue weighted by Gasteiger charge is 2.07. The minimum atomic E-state index is -0.349. The first kappa shape index (κ1) is 15.0. The average Bonchev–Trinajstić information content (AvgIpc) is 2.22. The fourth-order valence-corrected chi connectivity index (χ4v) is 1.58. The van der Waals surface area contributed by atoms with Crippen molar-refractivity contribution < 1.29 is 19.1 Å². The predicted octanol–water partition coefficient (Wildman–Crippen LogP) is 0.726. The highest BCUT2D eigenvalue weighted by atomic mass is 32.2. The fraction of sp³-hybridized carbons (Fsp3) is 0.700. The SMILES string of the molecule is CCOC(=O)CCC(=O)SCCNC(C)=O. The molecule has 1 amide bonds. The number of hydrogen-bond acceptors (Lipinski definition) is 5. The topological polar surface area (TPSA) is 72.5 Å². The highest BCUT2D eigenvalue weighted by Crippen LogP contribution is 2.07. The first-order valence-corrected chi connectivity index (χ1v) is 6.10. The van der Waals surface area contributed by atoms with Crippen molar-refractivity contribution in [2.45, 2.75) is 26.7 Å². The van der Waals surface area contributed by atoms with Crippen LogP contribution in [0.15, 0.2) is 0 Å². The summed E-state index contributed by atoms with van der Waals surface area (Å²) < 4.78 is 4.69. The van der Waals surface area contributed by atoms with E-state index in [0.717, 1.165) is 11.8 Å². The third-order valence-corrected chi connectivity index (χ3v) is 2.51. The molecule has 6 heteroatoms. The van der Waals surface area contributed by atoms with Crippen LogP contribution in [-0.2, 0) is 19.1 Å². The molecular weight excluding hydrogens is 230 g/mol. The molecule has 0 saturated heterocycles. The summed E-state index contributed by atoms with van der Waals surface area (Å²) in [6, 6.07) is 0. The summed E-state index contributed by atoms with van der Waals surface area (Å²) in [5.41, 5.74) is 0. The molecule has 0 spiro atoms. The van der Waals surface area contributed by atoms with E-state index in [0.29, 0.717) is 18.9 Å². The van der Waals surface area contributed by atoms with E-state index in [1.807, 2.05) is 0 Å². The quantitative estimate of drug-likeness (QED) is 0.530. The molecule has 0 bridgehead atoms. The third kappa shape index (κ3) is 9.51. The second kappa shape index (κ2) is 9.21. The molecule has 0 aromatic heterocycles. The van der Waals surface area contributed by atoms with Gasteiger partial charge in [-0.25, -0.2) is 0 Å². The first-order chi connectivity index (χ1) is 7.56. The molecule has 0 heterocycles. The Bertz CT molecular complexity index is 255. The second-order valence-corrected chi connectivity index (χ2v) is 4.16. The van der Waals surface area contributed by atoms with Gasteiger partial charge in [0.25, 0.3) is 0 Å². The van der Waals surface area contributed by atoms with Gasteiger partial charge in [0.2, 0.25) is 5.91 Å². The van der Waals surface area contributed by atoms with Crippen LogP contribution < -0.4 is 5.32 Å². The lowest BCUT2D eigenvalue weighted by atomic mass is 10.3. The van der Waals surface area contributed by atoms with Crippen LogP contribution in [-0.4, -0.2) is 35.9 Å². The molecule has 0 aliphatic heterocycles. The van der Waals surface area contributed by atoms with Gasteiger partial charge in [-0.2, -0.15) is 0 Å². The molecule has 0 saturated carbocycles. The number of esters is 1. The molecule has 1 N–H and O–H groups in total. The monoisotopic (exact) mass is 247 g/mol. The van der Waals surface area contributed by atoms with Gasteiger partial charge in [0.1, 0.15) is 0 Å². The van der Waals surface area contributed by atoms with Crippen molar-refractivity contribution in [2.75, 3.05) is 18.9 Å². The predicted molar refractivity (Wildman–Crippen MR) is 62.0 cm³/mol. The van der Waals surface area contributed by atoms with Gasteiger partial charge in [-0.3, -0.25) is 14.4 Å². The number of ether oxygens (including phenoxy) is 1. The summed E-state index contributed by atoms with van der Waals surface area (Å²) in [6.07, 6.45) is 0.309. The Labute approximate surface area is 99.3 Å². The fourth-order valence-electron chi connectivity index (χ4n) is 0.901. The summed E-state index contributed by atoms with van der Waals surface area (Å²) in [5, 5.41) is 2.53. The van der Waals surface area contributed by atoms with Crippen molar-refractivity contribution in [1.82, 2.24) is 5.32 Å². The molecule has 0 aliphatic rings. The van der Waals surface area contributed by atoms with Gasteiger partial charge in [0.15, 0.2) is 5.12 Å². The molecular formula is C10H17NO4S. The zero-order valence-corrected chi connectivity index (χ0v) is 10.4. The molecule has 92 valence electrons. The van der Waals surface area contributed by atoms with E-state index < -0.39 is 0 Å². The Hall–Kier alpha value is -1.04. The molecule has 16 heavy (non-hydrogen) atoms. The molecule has 0 unspecified atom stereocenters. The maximum atomic E-state index is 11.2. The Morgan fingerprint density at radius 3 is 2.50 bits per heavy atom. The molecule has 0 radical (unpaired) electrons. The lowest BCUT2D eigenvalue weighted by Crippen LogP contribution is -2.22. The number of rotatable bonds is 7. The number of thioether (sulfide) groups is 1. The van der Waals surface area contributed by atoms with Crippen LogP contribution in [0.25, 0.3) is 0 Å². The number of amides is 1. The average molecular weight is 247 g/mol. The van der Waals surface area contributed by atoms with E-state index in [1.165, 1.54) is 6.92 Å². The molecule has 0 fully saturated rings. The van der Waals surface area contributed by atoms with Gasteiger partial charge in [0, 0.05) is 25.6 Å². The smallest absolute Gasteiger partial charge is 0.306 e. The van der Waals surface area contributed by atoms with Crippen molar-refractivity contribution in [3.63, 3.8) is 0 Å². The molecule has 0 atom stereocenters. The van der Waals surface area contributed by atoms with E-state index in [2.05, 4.69) is 5.32 Å². The molecule has 0 aromatic rings. The number of carbonyl (C=O) groups is 3. The Balaban J connectivity index is 3.44. The Kier molecular flexibility index (Phi) is 8.61. The standard InChI is InChI=1S/C10H17NO4S/c1-3-15-9(13)4-5-10(14)16-7-6-11-8(2)12/h3-7H2,1-2H3,(H,11,12). The maximum Gasteiger partial charge on any atom is 0.306 e. The third-order valence-electron chi connectivity index (χ3n) is 1.58. The summed E-state index contributed by atoms with van der Waals surface area (Å²) in [7, 11) is 0. The minimum Gasteiger partial charge on any atom is -0.466 e. The number of hydrogen-bond donors (Lipinski definition) is 1. The van der Waals surface area contributed by atoms with Crippen LogP contribution in [0.4, 0.5) is 0 Å². The number of nitrogens with one attached hydrogen (secondary N) is 1. The van der Waals surface area contributed by atoms with E-state index in [4.69, 9.17) is 4.74 Å². The van der Waals surface area contributed by atoms with Crippen molar-refractivity contribution in [1.29, 1.82) is 0 Å². The first-order valence-electron chi connectivity index (χ1n) is 5.12. The summed E-state index contributed by atoms with van der Waals surface area (Å²) in [5.74, 6) is 0.0687. The summed E-state index contributed by atoms with van der Waals surface area (Å²) in [6.45, 7) is 3.95. The van der Waals surface area contributed by atoms with Crippen LogP contribution in [0.3, 0.4) is 0 Å². The van der Waals surface area contributed by atoms with Gasteiger partial charge in [-0.1, -0.05) is 11.8 Å². The lowest BCUT2D eigenvalue weighted by molar-refractivity contribution is -0.143. The van der Waals surface area contributed by atoms with Crippen LogP contribution in [0.1, 0.15) is 26.7 Å². The maximum absolute atomic E-state index is 11.2. The van der Waals surface area contributed by atoms with Crippen molar-refractivity contribution in [2.24, 2.45) is 0 Å². The minimum absolute atomic E-state index is 0.0570. The Morgan fingerprint density at radius 1 is 1.25 bits per heavy atom. The molecule has 5 nitrogen and oxygen atoms in total. The van der Waals surface area contributed by atoms with Crippen molar-refractivity contribution in [3.8, 4) is 0 Å². The summed E-state index contributed by atoms with van der Waals surface area (Å²) in [4.78, 5) is 32.7. The lowest BCUT2D eigenvalue weighted by Gasteiger charge is -2.02. The van der Waals surface area contributed by atoms with Crippen LogP contribution in [0.5, 0.6) is 0 Å². The zero-order chi connectivity index (χ0) is 12.4. The van der Waals surface area contributed by atoms with Crippen LogP contribution in [0.2, 0.25) is 0 Å². The zero-order valence-electron chi connectivity index (χ0n) is 9.58. The van der Waals surface area contributed by atoms with Gasteiger partial charge in [0.05, 0.1) is 13.0 Å². The van der Waals surface area contributed by atoms with Gasteiger partial charge < -0.3 is 10.1 Å². The summed E-state index contributed by atoms with van der Waals surface area (Å²) >= 11 is 1.12. The molecule has 0 rings (SSSR count).